The van der Waals surface area contributed by atoms with Gasteiger partial charge in [0.15, 0.2) is 6.61 Å². The fourth-order valence-corrected chi connectivity index (χ4v) is 2.30. The lowest BCUT2D eigenvalue weighted by atomic mass is 10.2. The quantitative estimate of drug-likeness (QED) is 0.796. The highest BCUT2D eigenvalue weighted by molar-refractivity contribution is 9.11. The molecule has 0 heterocycles. The number of carbonyl (C=O) groups is 1. The van der Waals surface area contributed by atoms with E-state index in [1.165, 1.54) is 0 Å². The van der Waals surface area contributed by atoms with Crippen molar-refractivity contribution >= 4 is 37.8 Å². The normalized spacial score (nSPS) is 12.0. The molecule has 0 spiro atoms. The van der Waals surface area contributed by atoms with Gasteiger partial charge in [0, 0.05) is 17.6 Å². The summed E-state index contributed by atoms with van der Waals surface area (Å²) < 4.78 is 7.10. The Morgan fingerprint density at radius 2 is 2.22 bits per heavy atom. The van der Waals surface area contributed by atoms with Crippen LogP contribution in [0.1, 0.15) is 6.92 Å². The van der Waals surface area contributed by atoms with E-state index < -0.39 is 0 Å². The van der Waals surface area contributed by atoms with Crippen LogP contribution in [0.2, 0.25) is 0 Å². The zero-order valence-electron chi connectivity index (χ0n) is 9.95. The van der Waals surface area contributed by atoms with Crippen LogP contribution in [0.25, 0.3) is 0 Å². The third-order valence-electron chi connectivity index (χ3n) is 2.21. The number of hydrogen-bond acceptors (Lipinski definition) is 3. The number of aliphatic hydroxyl groups excluding tert-OH is 1. The van der Waals surface area contributed by atoms with Crippen molar-refractivity contribution in [2.24, 2.45) is 5.92 Å². The van der Waals surface area contributed by atoms with Crippen molar-refractivity contribution in [3.63, 3.8) is 0 Å². The maximum atomic E-state index is 11.5. The smallest absolute Gasteiger partial charge is 0.257 e. The van der Waals surface area contributed by atoms with Gasteiger partial charge < -0.3 is 15.2 Å². The summed E-state index contributed by atoms with van der Waals surface area (Å²) in [6.45, 7) is 2.31. The van der Waals surface area contributed by atoms with Crippen molar-refractivity contribution in [1.29, 1.82) is 0 Å². The van der Waals surface area contributed by atoms with Crippen molar-refractivity contribution in [2.75, 3.05) is 19.8 Å². The highest BCUT2D eigenvalue weighted by Gasteiger charge is 2.07. The van der Waals surface area contributed by atoms with E-state index in [1.54, 1.807) is 6.07 Å². The van der Waals surface area contributed by atoms with E-state index >= 15 is 0 Å². The Morgan fingerprint density at radius 3 is 2.83 bits per heavy atom. The molecule has 0 fully saturated rings. The molecule has 4 nitrogen and oxygen atoms in total. The monoisotopic (exact) mass is 379 g/mol. The lowest BCUT2D eigenvalue weighted by molar-refractivity contribution is -0.123. The van der Waals surface area contributed by atoms with Crippen LogP contribution in [0.15, 0.2) is 27.1 Å². The number of nitrogens with one attached hydrogen (secondary N) is 1. The number of amides is 1. The molecule has 100 valence electrons. The summed E-state index contributed by atoms with van der Waals surface area (Å²) in [7, 11) is 0. The van der Waals surface area contributed by atoms with Gasteiger partial charge in [0.1, 0.15) is 5.75 Å². The van der Waals surface area contributed by atoms with E-state index in [4.69, 9.17) is 9.84 Å². The molecular formula is C12H15Br2NO3. The van der Waals surface area contributed by atoms with E-state index in [0.29, 0.717) is 12.3 Å². The molecule has 1 amide bonds. The van der Waals surface area contributed by atoms with Gasteiger partial charge in [-0.2, -0.15) is 0 Å². The average Bonchev–Trinajstić information content (AvgIpc) is 2.34. The zero-order chi connectivity index (χ0) is 13.5. The largest absolute Gasteiger partial charge is 0.483 e. The summed E-state index contributed by atoms with van der Waals surface area (Å²) >= 11 is 6.69. The van der Waals surface area contributed by atoms with Gasteiger partial charge >= 0.3 is 0 Å². The van der Waals surface area contributed by atoms with E-state index in [2.05, 4.69) is 37.2 Å². The van der Waals surface area contributed by atoms with E-state index in [-0.39, 0.29) is 25.0 Å². The number of benzene rings is 1. The fraction of sp³-hybridized carbons (Fsp3) is 0.417. The molecule has 2 N–H and O–H groups in total. The zero-order valence-corrected chi connectivity index (χ0v) is 13.1. The van der Waals surface area contributed by atoms with Gasteiger partial charge in [0.05, 0.1) is 4.47 Å². The Bertz CT molecular complexity index is 412. The molecule has 1 unspecified atom stereocenters. The minimum Gasteiger partial charge on any atom is -0.483 e. The van der Waals surface area contributed by atoms with E-state index in [0.717, 1.165) is 8.95 Å². The number of halogens is 2. The highest BCUT2D eigenvalue weighted by atomic mass is 79.9. The van der Waals surface area contributed by atoms with Gasteiger partial charge in [0.2, 0.25) is 0 Å². The van der Waals surface area contributed by atoms with Crippen LogP contribution in [0, 0.1) is 5.92 Å². The third-order valence-corrected chi connectivity index (χ3v) is 3.33. The second-order valence-corrected chi connectivity index (χ2v) is 5.73. The molecule has 0 saturated carbocycles. The van der Waals surface area contributed by atoms with Crippen molar-refractivity contribution in [3.05, 3.63) is 27.1 Å². The molecule has 1 aromatic carbocycles. The van der Waals surface area contributed by atoms with Gasteiger partial charge in [-0.25, -0.2) is 0 Å². The van der Waals surface area contributed by atoms with Gasteiger partial charge in [-0.3, -0.25) is 4.79 Å². The standard InChI is InChI=1S/C12H15Br2NO3/c1-8(6-16)5-15-12(17)7-18-11-3-2-9(13)4-10(11)14/h2-4,8,16H,5-7H2,1H3,(H,15,17). The predicted molar refractivity (Wildman–Crippen MR) is 76.6 cm³/mol. The molecule has 6 heteroatoms. The summed E-state index contributed by atoms with van der Waals surface area (Å²) in [4.78, 5) is 11.5. The lowest BCUT2D eigenvalue weighted by Crippen LogP contribution is -2.33. The summed E-state index contributed by atoms with van der Waals surface area (Å²) in [5.41, 5.74) is 0. The van der Waals surface area contributed by atoms with E-state index in [9.17, 15) is 4.79 Å². The molecule has 0 radical (unpaired) electrons. The number of aliphatic hydroxyl groups is 1. The van der Waals surface area contributed by atoms with Crippen LogP contribution < -0.4 is 10.1 Å². The molecule has 0 saturated heterocycles. The predicted octanol–water partition coefficient (Wildman–Crippen LogP) is 2.33. The second kappa shape index (κ2) is 7.76. The van der Waals surface area contributed by atoms with Crippen LogP contribution in [0.3, 0.4) is 0 Å². The first-order valence-electron chi connectivity index (χ1n) is 5.48. The molecule has 18 heavy (non-hydrogen) atoms. The summed E-state index contributed by atoms with van der Waals surface area (Å²) in [6, 6.07) is 5.46. The Hall–Kier alpha value is -0.590. The fourth-order valence-electron chi connectivity index (χ4n) is 1.14. The maximum absolute atomic E-state index is 11.5. The van der Waals surface area contributed by atoms with Crippen LogP contribution in [-0.4, -0.2) is 30.8 Å². The number of rotatable bonds is 6. The van der Waals surface area contributed by atoms with Crippen LogP contribution in [0.4, 0.5) is 0 Å². The van der Waals surface area contributed by atoms with Crippen molar-refractivity contribution in [1.82, 2.24) is 5.32 Å². The first-order chi connectivity index (χ1) is 8.52. The number of hydrogen-bond donors (Lipinski definition) is 2. The summed E-state index contributed by atoms with van der Waals surface area (Å²) in [5.74, 6) is 0.460. The Balaban J connectivity index is 2.38. The first-order valence-corrected chi connectivity index (χ1v) is 7.07. The molecule has 1 rings (SSSR count). The second-order valence-electron chi connectivity index (χ2n) is 3.96. The maximum Gasteiger partial charge on any atom is 0.257 e. The molecule has 0 bridgehead atoms. The van der Waals surface area contributed by atoms with Crippen LogP contribution >= 0.6 is 31.9 Å². The molecule has 1 atom stereocenters. The first kappa shape index (κ1) is 15.5. The van der Waals surface area contributed by atoms with Gasteiger partial charge in [-0.1, -0.05) is 22.9 Å². The van der Waals surface area contributed by atoms with Crippen molar-refractivity contribution < 1.29 is 14.6 Å². The topological polar surface area (TPSA) is 58.6 Å². The van der Waals surface area contributed by atoms with Crippen molar-refractivity contribution in [2.45, 2.75) is 6.92 Å². The minimum absolute atomic E-state index is 0.0433. The Kier molecular flexibility index (Phi) is 6.67. The number of ether oxygens (including phenoxy) is 1. The van der Waals surface area contributed by atoms with Gasteiger partial charge in [-0.15, -0.1) is 0 Å². The van der Waals surface area contributed by atoms with Gasteiger partial charge in [0.25, 0.3) is 5.91 Å². The van der Waals surface area contributed by atoms with Gasteiger partial charge in [-0.05, 0) is 40.0 Å². The molecular weight excluding hydrogens is 366 g/mol. The Labute approximate surface area is 123 Å². The van der Waals surface area contributed by atoms with E-state index in [1.807, 2.05) is 19.1 Å². The molecule has 0 aromatic heterocycles. The average molecular weight is 381 g/mol. The summed E-state index contributed by atoms with van der Waals surface area (Å²) in [5, 5.41) is 11.5. The Morgan fingerprint density at radius 1 is 1.50 bits per heavy atom. The number of carbonyl (C=O) groups excluding carboxylic acids is 1. The molecule has 0 aliphatic rings. The lowest BCUT2D eigenvalue weighted by Gasteiger charge is -2.11. The molecule has 1 aromatic rings. The third kappa shape index (κ3) is 5.37. The van der Waals surface area contributed by atoms with Crippen LogP contribution in [-0.2, 0) is 4.79 Å². The SMILES string of the molecule is CC(CO)CNC(=O)COc1ccc(Br)cc1Br. The molecule has 0 aliphatic heterocycles. The van der Waals surface area contributed by atoms with Crippen LogP contribution in [0.5, 0.6) is 5.75 Å². The summed E-state index contributed by atoms with van der Waals surface area (Å²) in [6.07, 6.45) is 0. The molecule has 0 aliphatic carbocycles. The minimum atomic E-state index is -0.204. The highest BCUT2D eigenvalue weighted by Crippen LogP contribution is 2.27. The van der Waals surface area contributed by atoms with Crippen molar-refractivity contribution in [3.8, 4) is 5.75 Å².